The van der Waals surface area contributed by atoms with Gasteiger partial charge in [0.1, 0.15) is 30.2 Å². The van der Waals surface area contributed by atoms with Crippen molar-refractivity contribution in [3.63, 3.8) is 0 Å². The maximum Gasteiger partial charge on any atom is 0.321 e. The predicted octanol–water partition coefficient (Wildman–Crippen LogP) is 2.79. The quantitative estimate of drug-likeness (QED) is 0.770. The number of hydrogen-bond acceptors (Lipinski definition) is 8. The Hall–Kier alpha value is -3.89. The van der Waals surface area contributed by atoms with E-state index in [0.29, 0.717) is 49.1 Å². The maximum absolute atomic E-state index is 12.7. The Labute approximate surface area is 185 Å². The SMILES string of the molecule is O=C(Nc1ccc(Oc2ccccc2)cc1)N1CCN(N2CN(O)C=C3N=CN=C32)CC1. The third kappa shape index (κ3) is 4.27. The van der Waals surface area contributed by atoms with Crippen LogP contribution in [0.25, 0.3) is 0 Å². The molecule has 2 aromatic rings. The fraction of sp³-hybridized carbons (Fsp3) is 0.227. The van der Waals surface area contributed by atoms with Crippen molar-refractivity contribution in [1.82, 2.24) is 20.0 Å². The summed E-state index contributed by atoms with van der Waals surface area (Å²) in [4.78, 5) is 22.9. The molecule has 0 radical (unpaired) electrons. The molecule has 10 nitrogen and oxygen atoms in total. The molecule has 3 aliphatic rings. The van der Waals surface area contributed by atoms with Crippen molar-refractivity contribution in [2.45, 2.75) is 0 Å². The summed E-state index contributed by atoms with van der Waals surface area (Å²) < 4.78 is 5.78. The molecule has 0 unspecified atom stereocenters. The minimum absolute atomic E-state index is 0.147. The number of urea groups is 1. The largest absolute Gasteiger partial charge is 0.457 e. The van der Waals surface area contributed by atoms with Crippen molar-refractivity contribution in [2.24, 2.45) is 9.98 Å². The first kappa shape index (κ1) is 20.0. The molecule has 1 saturated heterocycles. The third-order valence-electron chi connectivity index (χ3n) is 5.37. The first-order valence-electron chi connectivity index (χ1n) is 10.3. The number of amides is 2. The molecule has 0 saturated carbocycles. The summed E-state index contributed by atoms with van der Waals surface area (Å²) >= 11 is 0. The molecule has 164 valence electrons. The van der Waals surface area contributed by atoms with Gasteiger partial charge in [-0.1, -0.05) is 18.2 Å². The van der Waals surface area contributed by atoms with E-state index in [1.807, 2.05) is 59.6 Å². The Balaban J connectivity index is 1.14. The Morgan fingerprint density at radius 2 is 1.69 bits per heavy atom. The average Bonchev–Trinajstić information content (AvgIpc) is 3.29. The molecule has 0 atom stereocenters. The van der Waals surface area contributed by atoms with Crippen molar-refractivity contribution < 1.29 is 14.7 Å². The molecular formula is C22H23N7O3. The van der Waals surface area contributed by atoms with Crippen LogP contribution in [-0.2, 0) is 0 Å². The third-order valence-corrected chi connectivity index (χ3v) is 5.37. The summed E-state index contributed by atoms with van der Waals surface area (Å²) in [6.07, 6.45) is 3.03. The number of piperazine rings is 1. The normalized spacial score (nSPS) is 18.2. The molecule has 0 aliphatic carbocycles. The Morgan fingerprint density at radius 1 is 0.969 bits per heavy atom. The first-order chi connectivity index (χ1) is 15.7. The highest BCUT2D eigenvalue weighted by Gasteiger charge is 2.32. The van der Waals surface area contributed by atoms with Crippen LogP contribution in [0.3, 0.4) is 0 Å². The van der Waals surface area contributed by atoms with Gasteiger partial charge in [-0.15, -0.1) is 0 Å². The van der Waals surface area contributed by atoms with Crippen molar-refractivity contribution in [1.29, 1.82) is 0 Å². The summed E-state index contributed by atoms with van der Waals surface area (Å²) in [6.45, 7) is 2.62. The van der Waals surface area contributed by atoms with Crippen molar-refractivity contribution in [3.05, 3.63) is 66.5 Å². The number of hydroxylamine groups is 2. The number of hydrazine groups is 1. The van der Waals surface area contributed by atoms with Gasteiger partial charge in [-0.3, -0.25) is 10.2 Å². The van der Waals surface area contributed by atoms with Gasteiger partial charge in [-0.25, -0.2) is 24.9 Å². The zero-order chi connectivity index (χ0) is 21.9. The highest BCUT2D eigenvalue weighted by molar-refractivity contribution is 6.06. The fourth-order valence-electron chi connectivity index (χ4n) is 3.74. The first-order valence-corrected chi connectivity index (χ1v) is 10.3. The molecule has 0 aromatic heterocycles. The van der Waals surface area contributed by atoms with Crippen molar-refractivity contribution >= 4 is 23.9 Å². The van der Waals surface area contributed by atoms with Crippen LogP contribution in [0.2, 0.25) is 0 Å². The number of anilines is 1. The Kier molecular flexibility index (Phi) is 5.44. The zero-order valence-electron chi connectivity index (χ0n) is 17.3. The van der Waals surface area contributed by atoms with Crippen molar-refractivity contribution in [2.75, 3.05) is 38.2 Å². The van der Waals surface area contributed by atoms with Crippen LogP contribution in [0.4, 0.5) is 10.5 Å². The number of nitrogens with zero attached hydrogens (tertiary/aromatic N) is 6. The van der Waals surface area contributed by atoms with Crippen LogP contribution >= 0.6 is 0 Å². The lowest BCUT2D eigenvalue weighted by Crippen LogP contribution is -2.59. The fourth-order valence-corrected chi connectivity index (χ4v) is 3.74. The van der Waals surface area contributed by atoms with Gasteiger partial charge in [0.25, 0.3) is 0 Å². The lowest BCUT2D eigenvalue weighted by molar-refractivity contribution is -0.123. The molecule has 3 heterocycles. The van der Waals surface area contributed by atoms with Gasteiger partial charge in [0.2, 0.25) is 0 Å². The highest BCUT2D eigenvalue weighted by Crippen LogP contribution is 2.23. The molecule has 2 N–H and O–H groups in total. The number of aliphatic imine (C=N–C) groups is 2. The molecular weight excluding hydrogens is 410 g/mol. The van der Waals surface area contributed by atoms with Crippen LogP contribution in [0, 0.1) is 0 Å². The zero-order valence-corrected chi connectivity index (χ0v) is 17.3. The molecule has 1 fully saturated rings. The lowest BCUT2D eigenvalue weighted by Gasteiger charge is -2.43. The molecule has 2 amide bonds. The summed E-state index contributed by atoms with van der Waals surface area (Å²) in [6, 6.07) is 16.7. The number of rotatable bonds is 4. The van der Waals surface area contributed by atoms with Gasteiger partial charge in [0.05, 0.1) is 6.20 Å². The summed E-state index contributed by atoms with van der Waals surface area (Å²) in [5.41, 5.74) is 1.33. The second-order valence-corrected chi connectivity index (χ2v) is 7.50. The second-order valence-electron chi connectivity index (χ2n) is 7.50. The van der Waals surface area contributed by atoms with Gasteiger partial charge in [0, 0.05) is 31.9 Å². The average molecular weight is 433 g/mol. The van der Waals surface area contributed by atoms with E-state index in [1.165, 1.54) is 6.34 Å². The molecule has 5 rings (SSSR count). The monoisotopic (exact) mass is 433 g/mol. The summed E-state index contributed by atoms with van der Waals surface area (Å²) in [7, 11) is 0. The van der Waals surface area contributed by atoms with E-state index in [4.69, 9.17) is 4.74 Å². The van der Waals surface area contributed by atoms with Gasteiger partial charge >= 0.3 is 6.03 Å². The maximum atomic E-state index is 12.7. The topological polar surface area (TPSA) is 96.2 Å². The molecule has 10 heteroatoms. The lowest BCUT2D eigenvalue weighted by atomic mass is 10.3. The van der Waals surface area contributed by atoms with Crippen LogP contribution in [0.15, 0.2) is 76.5 Å². The Morgan fingerprint density at radius 3 is 2.44 bits per heavy atom. The van der Waals surface area contributed by atoms with E-state index in [2.05, 4.69) is 20.3 Å². The van der Waals surface area contributed by atoms with Gasteiger partial charge in [-0.2, -0.15) is 0 Å². The van der Waals surface area contributed by atoms with Crippen LogP contribution in [-0.4, -0.2) is 76.2 Å². The summed E-state index contributed by atoms with van der Waals surface area (Å²) in [5, 5.41) is 17.9. The predicted molar refractivity (Wildman–Crippen MR) is 119 cm³/mol. The number of benzene rings is 2. The van der Waals surface area contributed by atoms with Gasteiger partial charge < -0.3 is 15.0 Å². The minimum atomic E-state index is -0.147. The van der Waals surface area contributed by atoms with E-state index in [9.17, 15) is 10.0 Å². The number of para-hydroxylation sites is 1. The second kappa shape index (κ2) is 8.69. The highest BCUT2D eigenvalue weighted by atomic mass is 16.5. The van der Waals surface area contributed by atoms with E-state index >= 15 is 0 Å². The molecule has 2 aromatic carbocycles. The number of fused-ring (bicyclic) bond motifs is 1. The van der Waals surface area contributed by atoms with Crippen molar-refractivity contribution in [3.8, 4) is 11.5 Å². The van der Waals surface area contributed by atoms with E-state index in [1.54, 1.807) is 11.1 Å². The molecule has 0 spiro atoms. The molecule has 3 aliphatic heterocycles. The number of hydrogen-bond donors (Lipinski definition) is 2. The van der Waals surface area contributed by atoms with Gasteiger partial charge in [0.15, 0.2) is 5.84 Å². The van der Waals surface area contributed by atoms with E-state index in [0.717, 1.165) is 10.8 Å². The number of nitrogens with one attached hydrogen (secondary N) is 1. The number of carbonyl (C=O) groups excluding carboxylic acids is 1. The number of amidine groups is 1. The number of ether oxygens (including phenoxy) is 1. The Bertz CT molecular complexity index is 1060. The minimum Gasteiger partial charge on any atom is -0.457 e. The smallest absolute Gasteiger partial charge is 0.321 e. The molecule has 0 bridgehead atoms. The number of carbonyl (C=O) groups is 1. The standard InChI is InChI=1S/C22H23N7O3/c30-22(25-17-6-8-19(9-7-17)32-18-4-2-1-3-5-18)26-10-12-27(13-11-26)29-16-28(31)14-20-21(29)24-15-23-20/h1-9,14-15,31H,10-13,16H2,(H,25,30). The molecule has 32 heavy (non-hydrogen) atoms. The van der Waals surface area contributed by atoms with Crippen LogP contribution in [0.1, 0.15) is 0 Å². The van der Waals surface area contributed by atoms with E-state index in [-0.39, 0.29) is 12.7 Å². The van der Waals surface area contributed by atoms with E-state index < -0.39 is 0 Å². The summed E-state index contributed by atoms with van der Waals surface area (Å²) in [5.74, 6) is 2.18. The van der Waals surface area contributed by atoms with Crippen LogP contribution < -0.4 is 10.1 Å². The van der Waals surface area contributed by atoms with Gasteiger partial charge in [-0.05, 0) is 36.4 Å². The van der Waals surface area contributed by atoms with Crippen LogP contribution in [0.5, 0.6) is 11.5 Å².